The first-order chi connectivity index (χ1) is 11.0. The fourth-order valence-electron chi connectivity index (χ4n) is 1.88. The van der Waals surface area contributed by atoms with Gasteiger partial charge in [-0.3, -0.25) is 14.4 Å². The third kappa shape index (κ3) is 7.30. The maximum atomic E-state index is 12.1. The summed E-state index contributed by atoms with van der Waals surface area (Å²) in [5, 5.41) is 13.6. The fraction of sp³-hybridized carbons (Fsp3) is 0.438. The van der Waals surface area contributed by atoms with Crippen molar-refractivity contribution in [1.29, 1.82) is 0 Å². The van der Waals surface area contributed by atoms with E-state index in [0.717, 1.165) is 0 Å². The minimum absolute atomic E-state index is 0.0841. The van der Waals surface area contributed by atoms with E-state index in [2.05, 4.69) is 10.6 Å². The number of nitrogens with one attached hydrogen (secondary N) is 2. The Morgan fingerprint density at radius 2 is 1.87 bits per heavy atom. The quantitative estimate of drug-likeness (QED) is 0.561. The molecule has 0 aliphatic carbocycles. The second-order valence-electron chi connectivity index (χ2n) is 4.81. The predicted molar refractivity (Wildman–Crippen MR) is 84.4 cm³/mol. The third-order valence-corrected chi connectivity index (χ3v) is 2.98. The van der Waals surface area contributed by atoms with Gasteiger partial charge < -0.3 is 20.5 Å². The lowest BCUT2D eigenvalue weighted by atomic mass is 10.2. The number of hydrogen-bond acceptors (Lipinski definition) is 4. The fourth-order valence-corrected chi connectivity index (χ4v) is 1.88. The largest absolute Gasteiger partial charge is 0.493 e. The molecule has 0 saturated carbocycles. The number of carboxylic acid groups (broad SMARTS) is 1. The summed E-state index contributed by atoms with van der Waals surface area (Å²) in [6.07, 6.45) is 1.17. The molecule has 1 aromatic rings. The van der Waals surface area contributed by atoms with E-state index in [4.69, 9.17) is 9.84 Å². The van der Waals surface area contributed by atoms with Gasteiger partial charge in [-0.15, -0.1) is 0 Å². The second-order valence-corrected chi connectivity index (χ2v) is 4.81. The molecule has 0 aliphatic heterocycles. The molecular weight excluding hydrogens is 300 g/mol. The van der Waals surface area contributed by atoms with Crippen molar-refractivity contribution < 1.29 is 24.2 Å². The first-order valence-electron chi connectivity index (χ1n) is 7.53. The summed E-state index contributed by atoms with van der Waals surface area (Å²) >= 11 is 0. The van der Waals surface area contributed by atoms with E-state index in [-0.39, 0.29) is 24.8 Å². The molecule has 3 N–H and O–H groups in total. The average molecular weight is 322 g/mol. The number of unbranched alkanes of at least 4 members (excludes halogenated alkanes) is 1. The first-order valence-corrected chi connectivity index (χ1v) is 7.53. The van der Waals surface area contributed by atoms with Crippen molar-refractivity contribution in [3.63, 3.8) is 0 Å². The van der Waals surface area contributed by atoms with Gasteiger partial charge in [-0.2, -0.15) is 0 Å². The average Bonchev–Trinajstić information content (AvgIpc) is 2.53. The smallest absolute Gasteiger partial charge is 0.303 e. The molecule has 126 valence electrons. The summed E-state index contributed by atoms with van der Waals surface area (Å²) in [5.74, 6) is -1.07. The van der Waals surface area contributed by atoms with Gasteiger partial charge >= 0.3 is 5.97 Å². The van der Waals surface area contributed by atoms with Crippen LogP contribution in [-0.4, -0.2) is 42.6 Å². The van der Waals surface area contributed by atoms with Crippen molar-refractivity contribution in [3.05, 3.63) is 29.8 Å². The first kappa shape index (κ1) is 18.5. The Kier molecular flexibility index (Phi) is 8.20. The van der Waals surface area contributed by atoms with Crippen LogP contribution in [0.15, 0.2) is 24.3 Å². The number of amides is 2. The van der Waals surface area contributed by atoms with Gasteiger partial charge in [0, 0.05) is 13.0 Å². The summed E-state index contributed by atoms with van der Waals surface area (Å²) in [4.78, 5) is 34.0. The van der Waals surface area contributed by atoms with Crippen LogP contribution in [0.5, 0.6) is 5.75 Å². The molecule has 0 radical (unpaired) electrons. The van der Waals surface area contributed by atoms with E-state index >= 15 is 0 Å². The third-order valence-electron chi connectivity index (χ3n) is 2.98. The van der Waals surface area contributed by atoms with Crippen molar-refractivity contribution in [2.45, 2.75) is 26.2 Å². The van der Waals surface area contributed by atoms with E-state index in [1.54, 1.807) is 24.3 Å². The summed E-state index contributed by atoms with van der Waals surface area (Å²) < 4.78 is 5.37. The van der Waals surface area contributed by atoms with Crippen molar-refractivity contribution in [3.8, 4) is 5.75 Å². The van der Waals surface area contributed by atoms with E-state index in [0.29, 0.717) is 37.3 Å². The minimum atomic E-state index is -0.850. The monoisotopic (exact) mass is 322 g/mol. The zero-order chi connectivity index (χ0) is 17.1. The van der Waals surface area contributed by atoms with Crippen LogP contribution in [0.1, 0.15) is 36.5 Å². The van der Waals surface area contributed by atoms with E-state index < -0.39 is 5.97 Å². The second kappa shape index (κ2) is 10.2. The Labute approximate surface area is 135 Å². The van der Waals surface area contributed by atoms with Crippen LogP contribution in [0.2, 0.25) is 0 Å². The lowest BCUT2D eigenvalue weighted by molar-refractivity contribution is -0.137. The molecule has 0 fully saturated rings. The number of hydrogen-bond donors (Lipinski definition) is 3. The standard InChI is InChI=1S/C16H22N2O5/c1-2-23-13-8-4-3-7-12(13)16(22)18-11-14(19)17-10-6-5-9-15(20)21/h3-4,7-8H,2,5-6,9-11H2,1H3,(H,17,19)(H,18,22)(H,20,21). The molecule has 7 heteroatoms. The van der Waals surface area contributed by atoms with Crippen LogP contribution >= 0.6 is 0 Å². The highest BCUT2D eigenvalue weighted by atomic mass is 16.5. The van der Waals surface area contributed by atoms with Crippen LogP contribution in [0.3, 0.4) is 0 Å². The Morgan fingerprint density at radius 3 is 2.57 bits per heavy atom. The van der Waals surface area contributed by atoms with Gasteiger partial charge in [0.05, 0.1) is 18.7 Å². The molecule has 2 amide bonds. The van der Waals surface area contributed by atoms with E-state index in [1.165, 1.54) is 0 Å². The highest BCUT2D eigenvalue weighted by molar-refractivity contribution is 5.98. The normalized spacial score (nSPS) is 9.96. The molecule has 23 heavy (non-hydrogen) atoms. The molecule has 0 bridgehead atoms. The number of carbonyl (C=O) groups is 3. The Balaban J connectivity index is 2.33. The molecule has 0 spiro atoms. The number of carbonyl (C=O) groups excluding carboxylic acids is 2. The van der Waals surface area contributed by atoms with Crippen molar-refractivity contribution in [2.75, 3.05) is 19.7 Å². The maximum Gasteiger partial charge on any atom is 0.303 e. The van der Waals surface area contributed by atoms with E-state index in [1.807, 2.05) is 6.92 Å². The maximum absolute atomic E-state index is 12.1. The number of carboxylic acids is 1. The highest BCUT2D eigenvalue weighted by Crippen LogP contribution is 2.17. The van der Waals surface area contributed by atoms with Gasteiger partial charge in [-0.05, 0) is 31.9 Å². The summed E-state index contributed by atoms with van der Waals surface area (Å²) in [7, 11) is 0. The zero-order valence-corrected chi connectivity index (χ0v) is 13.1. The molecular formula is C16H22N2O5. The number of para-hydroxylation sites is 1. The van der Waals surface area contributed by atoms with Gasteiger partial charge in [-0.25, -0.2) is 0 Å². The van der Waals surface area contributed by atoms with Crippen LogP contribution in [0, 0.1) is 0 Å². The summed E-state index contributed by atoms with van der Waals surface area (Å²) in [6.45, 7) is 2.52. The van der Waals surface area contributed by atoms with Gasteiger partial charge in [0.15, 0.2) is 0 Å². The van der Waals surface area contributed by atoms with Crippen molar-refractivity contribution >= 4 is 17.8 Å². The number of aliphatic carboxylic acids is 1. The summed E-state index contributed by atoms with van der Waals surface area (Å²) in [6, 6.07) is 6.82. The highest BCUT2D eigenvalue weighted by Gasteiger charge is 2.12. The van der Waals surface area contributed by atoms with Crippen LogP contribution < -0.4 is 15.4 Å². The lowest BCUT2D eigenvalue weighted by Gasteiger charge is -2.10. The summed E-state index contributed by atoms with van der Waals surface area (Å²) in [5.41, 5.74) is 0.378. The molecule has 0 aliphatic rings. The number of rotatable bonds is 10. The van der Waals surface area contributed by atoms with Crippen molar-refractivity contribution in [2.24, 2.45) is 0 Å². The molecule has 0 saturated heterocycles. The molecule has 1 aromatic carbocycles. The number of benzene rings is 1. The molecule has 0 atom stereocenters. The van der Waals surface area contributed by atoms with Crippen molar-refractivity contribution in [1.82, 2.24) is 10.6 Å². The van der Waals surface area contributed by atoms with Gasteiger partial charge in [0.1, 0.15) is 5.75 Å². The minimum Gasteiger partial charge on any atom is -0.493 e. The molecule has 0 aromatic heterocycles. The Hall–Kier alpha value is -2.57. The molecule has 0 unspecified atom stereocenters. The zero-order valence-electron chi connectivity index (χ0n) is 13.1. The van der Waals surface area contributed by atoms with Crippen LogP contribution in [-0.2, 0) is 9.59 Å². The van der Waals surface area contributed by atoms with Gasteiger partial charge in [0.2, 0.25) is 5.91 Å². The lowest BCUT2D eigenvalue weighted by Crippen LogP contribution is -2.37. The van der Waals surface area contributed by atoms with Crippen LogP contribution in [0.25, 0.3) is 0 Å². The SMILES string of the molecule is CCOc1ccccc1C(=O)NCC(=O)NCCCCC(=O)O. The van der Waals surface area contributed by atoms with Crippen LogP contribution in [0.4, 0.5) is 0 Å². The van der Waals surface area contributed by atoms with Gasteiger partial charge in [0.25, 0.3) is 5.91 Å². The topological polar surface area (TPSA) is 105 Å². The molecule has 7 nitrogen and oxygen atoms in total. The Morgan fingerprint density at radius 1 is 1.13 bits per heavy atom. The molecule has 0 heterocycles. The Bertz CT molecular complexity index is 545. The predicted octanol–water partition coefficient (Wildman–Crippen LogP) is 1.19. The van der Waals surface area contributed by atoms with E-state index in [9.17, 15) is 14.4 Å². The molecule has 1 rings (SSSR count). The van der Waals surface area contributed by atoms with Gasteiger partial charge in [-0.1, -0.05) is 12.1 Å². The number of ether oxygens (including phenoxy) is 1.